The van der Waals surface area contributed by atoms with Gasteiger partial charge in [0.2, 0.25) is 5.91 Å². The van der Waals surface area contributed by atoms with Crippen molar-refractivity contribution in [2.24, 2.45) is 5.92 Å². The maximum absolute atomic E-state index is 12.7. The first kappa shape index (κ1) is 17.8. The Balaban J connectivity index is 1.19. The summed E-state index contributed by atoms with van der Waals surface area (Å²) in [5, 5.41) is 19.3. The van der Waals surface area contributed by atoms with Crippen LogP contribution in [0.3, 0.4) is 0 Å². The number of aromatic amines is 1. The van der Waals surface area contributed by atoms with Crippen LogP contribution in [0.15, 0.2) is 6.07 Å². The Morgan fingerprint density at radius 3 is 2.68 bits per heavy atom. The van der Waals surface area contributed by atoms with Crippen LogP contribution < -0.4 is 0 Å². The van der Waals surface area contributed by atoms with Gasteiger partial charge in [-0.3, -0.25) is 14.4 Å². The molecule has 2 aromatic heterocycles. The van der Waals surface area contributed by atoms with Crippen LogP contribution in [0.25, 0.3) is 0 Å². The molecule has 1 saturated heterocycles. The summed E-state index contributed by atoms with van der Waals surface area (Å²) in [6.45, 7) is 5.39. The highest BCUT2D eigenvalue weighted by Gasteiger charge is 2.31. The van der Waals surface area contributed by atoms with E-state index in [0.717, 1.165) is 76.3 Å². The van der Waals surface area contributed by atoms with Crippen LogP contribution in [0.1, 0.15) is 61.7 Å². The van der Waals surface area contributed by atoms with Crippen LogP contribution in [-0.4, -0.2) is 65.7 Å². The number of rotatable bonds is 4. The predicted molar refractivity (Wildman–Crippen MR) is 101 cm³/mol. The minimum Gasteiger partial charge on any atom is -0.337 e. The summed E-state index contributed by atoms with van der Waals surface area (Å²) >= 11 is 0. The van der Waals surface area contributed by atoms with Gasteiger partial charge in [-0.05, 0) is 51.3 Å². The fourth-order valence-corrected chi connectivity index (χ4v) is 4.62. The number of fused-ring (bicyclic) bond motifs is 1. The maximum Gasteiger partial charge on any atom is 0.226 e. The van der Waals surface area contributed by atoms with Crippen molar-refractivity contribution in [3.05, 3.63) is 23.3 Å². The third-order valence-electron chi connectivity index (χ3n) is 6.53. The predicted octanol–water partition coefficient (Wildman–Crippen LogP) is 1.31. The molecule has 2 aliphatic heterocycles. The molecule has 0 spiro atoms. The van der Waals surface area contributed by atoms with Crippen molar-refractivity contribution in [3.8, 4) is 0 Å². The Labute approximate surface area is 164 Å². The summed E-state index contributed by atoms with van der Waals surface area (Å²) in [6.07, 6.45) is 6.44. The van der Waals surface area contributed by atoms with E-state index in [4.69, 9.17) is 5.10 Å². The molecule has 9 nitrogen and oxygen atoms in total. The molecule has 2 fully saturated rings. The molecular weight excluding hydrogens is 356 g/mol. The standard InChI is InChI=1S/C19H28N8O/c28-19(15-3-1-4-15)26-7-2-8-27-17(13-26)11-16(22-27)12-25-9-5-14(6-10-25)18-20-23-24-21-18/h11,14-15H,1-10,12-13H2,(H,20,21,23,24). The molecule has 0 radical (unpaired) electrons. The van der Waals surface area contributed by atoms with E-state index in [1.165, 1.54) is 12.1 Å². The molecule has 0 bridgehead atoms. The quantitative estimate of drug-likeness (QED) is 0.854. The number of aryl methyl sites for hydroxylation is 1. The van der Waals surface area contributed by atoms with Crippen LogP contribution in [0.4, 0.5) is 0 Å². The lowest BCUT2D eigenvalue weighted by Gasteiger charge is -2.30. The van der Waals surface area contributed by atoms with E-state index < -0.39 is 0 Å². The van der Waals surface area contributed by atoms with E-state index >= 15 is 0 Å². The lowest BCUT2D eigenvalue weighted by Crippen LogP contribution is -2.38. The Kier molecular flexibility index (Phi) is 4.84. The van der Waals surface area contributed by atoms with E-state index in [-0.39, 0.29) is 5.92 Å². The Morgan fingerprint density at radius 2 is 1.96 bits per heavy atom. The summed E-state index contributed by atoms with van der Waals surface area (Å²) in [4.78, 5) is 17.2. The number of H-pyrrole nitrogens is 1. The number of carbonyl (C=O) groups is 1. The minimum atomic E-state index is 0.273. The van der Waals surface area contributed by atoms with Crippen molar-refractivity contribution in [1.29, 1.82) is 0 Å². The molecule has 5 rings (SSSR count). The zero-order valence-electron chi connectivity index (χ0n) is 16.3. The highest BCUT2D eigenvalue weighted by molar-refractivity contribution is 5.79. The van der Waals surface area contributed by atoms with E-state index in [0.29, 0.717) is 18.4 Å². The van der Waals surface area contributed by atoms with E-state index in [9.17, 15) is 4.79 Å². The zero-order valence-corrected chi connectivity index (χ0v) is 16.3. The highest BCUT2D eigenvalue weighted by Crippen LogP contribution is 2.30. The minimum absolute atomic E-state index is 0.273. The van der Waals surface area contributed by atoms with Gasteiger partial charge in [0.1, 0.15) is 0 Å². The number of tetrazole rings is 1. The zero-order chi connectivity index (χ0) is 18.9. The average molecular weight is 384 g/mol. The topological polar surface area (TPSA) is 95.8 Å². The number of amides is 1. The van der Waals surface area contributed by atoms with Gasteiger partial charge >= 0.3 is 0 Å². The first-order chi connectivity index (χ1) is 13.8. The molecule has 1 aliphatic carbocycles. The van der Waals surface area contributed by atoms with Gasteiger partial charge in [0.15, 0.2) is 5.82 Å². The monoisotopic (exact) mass is 384 g/mol. The first-order valence-electron chi connectivity index (χ1n) is 10.6. The number of nitrogens with zero attached hydrogens (tertiary/aromatic N) is 7. The number of carbonyl (C=O) groups excluding carboxylic acids is 1. The average Bonchev–Trinajstić information content (AvgIpc) is 3.27. The molecule has 1 N–H and O–H groups in total. The number of piperidine rings is 1. The molecule has 3 aliphatic rings. The lowest BCUT2D eigenvalue weighted by molar-refractivity contribution is -0.138. The lowest BCUT2D eigenvalue weighted by atomic mass is 9.84. The van der Waals surface area contributed by atoms with Crippen LogP contribution in [0.5, 0.6) is 0 Å². The molecular formula is C19H28N8O. The van der Waals surface area contributed by atoms with Gasteiger partial charge in [-0.2, -0.15) is 10.3 Å². The van der Waals surface area contributed by atoms with Gasteiger partial charge in [-0.1, -0.05) is 11.6 Å². The molecule has 150 valence electrons. The van der Waals surface area contributed by atoms with Gasteiger partial charge in [0.05, 0.1) is 17.9 Å². The van der Waals surface area contributed by atoms with Gasteiger partial charge in [-0.25, -0.2) is 0 Å². The van der Waals surface area contributed by atoms with Crippen molar-refractivity contribution in [1.82, 2.24) is 40.2 Å². The van der Waals surface area contributed by atoms with E-state index in [2.05, 4.69) is 41.2 Å². The van der Waals surface area contributed by atoms with Gasteiger partial charge < -0.3 is 4.90 Å². The van der Waals surface area contributed by atoms with Crippen molar-refractivity contribution in [3.63, 3.8) is 0 Å². The van der Waals surface area contributed by atoms with Crippen molar-refractivity contribution in [2.45, 2.75) is 64.1 Å². The SMILES string of the molecule is O=C(C1CCC1)N1CCCn2nc(CN3CCC(c4nn[nH]n4)CC3)cc2C1. The Hall–Kier alpha value is -2.29. The maximum atomic E-state index is 12.7. The fraction of sp³-hybridized carbons (Fsp3) is 0.737. The summed E-state index contributed by atoms with van der Waals surface area (Å²) in [6, 6.07) is 2.21. The summed E-state index contributed by atoms with van der Waals surface area (Å²) < 4.78 is 2.12. The second kappa shape index (κ2) is 7.62. The number of hydrogen-bond donors (Lipinski definition) is 1. The molecule has 1 amide bonds. The molecule has 1 saturated carbocycles. The number of nitrogens with one attached hydrogen (secondary N) is 1. The molecule has 4 heterocycles. The normalized spacial score (nSPS) is 21.9. The van der Waals surface area contributed by atoms with Gasteiger partial charge in [0.25, 0.3) is 0 Å². The number of aromatic nitrogens is 6. The van der Waals surface area contributed by atoms with Crippen LogP contribution in [-0.2, 0) is 24.4 Å². The number of hydrogen-bond acceptors (Lipinski definition) is 6. The summed E-state index contributed by atoms with van der Waals surface area (Å²) in [7, 11) is 0. The molecule has 0 unspecified atom stereocenters. The summed E-state index contributed by atoms with van der Waals surface area (Å²) in [5.41, 5.74) is 2.30. The molecule has 2 aromatic rings. The number of likely N-dealkylation sites (tertiary alicyclic amines) is 1. The molecule has 0 atom stereocenters. The van der Waals surface area contributed by atoms with Crippen molar-refractivity contribution in [2.75, 3.05) is 19.6 Å². The largest absolute Gasteiger partial charge is 0.337 e. The van der Waals surface area contributed by atoms with Crippen molar-refractivity contribution >= 4 is 5.91 Å². The Bertz CT molecular complexity index is 804. The molecule has 28 heavy (non-hydrogen) atoms. The van der Waals surface area contributed by atoms with Gasteiger partial charge in [0, 0.05) is 31.5 Å². The van der Waals surface area contributed by atoms with Crippen molar-refractivity contribution < 1.29 is 4.79 Å². The smallest absolute Gasteiger partial charge is 0.226 e. The van der Waals surface area contributed by atoms with Crippen LogP contribution in [0.2, 0.25) is 0 Å². The summed E-state index contributed by atoms with van der Waals surface area (Å²) in [5.74, 6) is 1.87. The third-order valence-corrected chi connectivity index (χ3v) is 6.53. The van der Waals surface area contributed by atoms with Crippen LogP contribution >= 0.6 is 0 Å². The van der Waals surface area contributed by atoms with Gasteiger partial charge in [-0.15, -0.1) is 10.2 Å². The third kappa shape index (κ3) is 3.55. The molecule has 0 aromatic carbocycles. The van der Waals surface area contributed by atoms with E-state index in [1.807, 2.05) is 0 Å². The van der Waals surface area contributed by atoms with E-state index in [1.54, 1.807) is 0 Å². The highest BCUT2D eigenvalue weighted by atomic mass is 16.2. The fourth-order valence-electron chi connectivity index (χ4n) is 4.62. The van der Waals surface area contributed by atoms with Crippen LogP contribution in [0, 0.1) is 5.92 Å². The second-order valence-corrected chi connectivity index (χ2v) is 8.41. The molecule has 9 heteroatoms. The first-order valence-corrected chi connectivity index (χ1v) is 10.6. The Morgan fingerprint density at radius 1 is 1.11 bits per heavy atom. The second-order valence-electron chi connectivity index (χ2n) is 8.41.